The van der Waals surface area contributed by atoms with Gasteiger partial charge in [0.05, 0.1) is 0 Å². The molecule has 0 aromatic heterocycles. The van der Waals surface area contributed by atoms with E-state index in [-0.39, 0.29) is 5.54 Å². The lowest BCUT2D eigenvalue weighted by Gasteiger charge is -2.49. The highest BCUT2D eigenvalue weighted by Gasteiger charge is 2.38. The standard InChI is InChI=1S/C16H36N4/c1-6-9-20(13-12-18(4)5)16(14-17)7-10-19(11-8-16)15(2)3/h15H,6-14,17H2,1-5H3. The molecular weight excluding hydrogens is 248 g/mol. The first-order chi connectivity index (χ1) is 9.45. The molecule has 0 atom stereocenters. The molecule has 0 radical (unpaired) electrons. The maximum absolute atomic E-state index is 6.22. The first-order valence-electron chi connectivity index (χ1n) is 8.29. The van der Waals surface area contributed by atoms with Crippen LogP contribution >= 0.6 is 0 Å². The highest BCUT2D eigenvalue weighted by molar-refractivity contribution is 4.97. The minimum Gasteiger partial charge on any atom is -0.329 e. The van der Waals surface area contributed by atoms with Crippen LogP contribution in [0.5, 0.6) is 0 Å². The van der Waals surface area contributed by atoms with Crippen LogP contribution in [0.1, 0.15) is 40.0 Å². The SMILES string of the molecule is CCCN(CCN(C)C)C1(CN)CCN(C(C)C)CC1. The van der Waals surface area contributed by atoms with Crippen molar-refractivity contribution in [2.24, 2.45) is 5.73 Å². The highest BCUT2D eigenvalue weighted by atomic mass is 15.3. The molecule has 1 aliphatic rings. The average Bonchev–Trinajstić information content (AvgIpc) is 2.43. The molecule has 0 unspecified atom stereocenters. The molecular formula is C16H36N4. The Hall–Kier alpha value is -0.160. The summed E-state index contributed by atoms with van der Waals surface area (Å²) in [6, 6.07) is 0.659. The number of hydrogen-bond donors (Lipinski definition) is 1. The zero-order valence-corrected chi connectivity index (χ0v) is 14.4. The van der Waals surface area contributed by atoms with Gasteiger partial charge >= 0.3 is 0 Å². The van der Waals surface area contributed by atoms with E-state index in [1.54, 1.807) is 0 Å². The summed E-state index contributed by atoms with van der Waals surface area (Å²) in [5, 5.41) is 0. The van der Waals surface area contributed by atoms with Crippen molar-refractivity contribution in [3.63, 3.8) is 0 Å². The van der Waals surface area contributed by atoms with Crippen molar-refractivity contribution in [2.45, 2.75) is 51.6 Å². The fourth-order valence-corrected chi connectivity index (χ4v) is 3.28. The second-order valence-electron chi connectivity index (χ2n) is 6.85. The van der Waals surface area contributed by atoms with Gasteiger partial charge in [-0.2, -0.15) is 0 Å². The molecule has 4 nitrogen and oxygen atoms in total. The van der Waals surface area contributed by atoms with Crippen LogP contribution in [0.4, 0.5) is 0 Å². The van der Waals surface area contributed by atoms with E-state index in [1.165, 1.54) is 38.9 Å². The summed E-state index contributed by atoms with van der Waals surface area (Å²) in [7, 11) is 4.31. The van der Waals surface area contributed by atoms with Crippen LogP contribution in [0.2, 0.25) is 0 Å². The lowest BCUT2D eigenvalue weighted by Crippen LogP contribution is -2.61. The quantitative estimate of drug-likeness (QED) is 0.732. The van der Waals surface area contributed by atoms with E-state index in [1.807, 2.05) is 0 Å². The van der Waals surface area contributed by atoms with Crippen molar-refractivity contribution in [3.05, 3.63) is 0 Å². The maximum atomic E-state index is 6.22. The molecule has 0 aliphatic carbocycles. The second-order valence-corrected chi connectivity index (χ2v) is 6.85. The van der Waals surface area contributed by atoms with Crippen LogP contribution in [0.25, 0.3) is 0 Å². The van der Waals surface area contributed by atoms with Crippen molar-refractivity contribution < 1.29 is 0 Å². The number of piperidine rings is 1. The van der Waals surface area contributed by atoms with E-state index >= 15 is 0 Å². The summed E-state index contributed by atoms with van der Waals surface area (Å²) in [6.07, 6.45) is 3.65. The van der Waals surface area contributed by atoms with E-state index in [9.17, 15) is 0 Å². The van der Waals surface area contributed by atoms with E-state index in [0.717, 1.165) is 19.6 Å². The lowest BCUT2D eigenvalue weighted by molar-refractivity contribution is 0.0145. The molecule has 2 N–H and O–H groups in total. The first-order valence-corrected chi connectivity index (χ1v) is 8.29. The summed E-state index contributed by atoms with van der Waals surface area (Å²) in [5.41, 5.74) is 6.46. The Balaban J connectivity index is 2.69. The molecule has 1 fully saturated rings. The van der Waals surface area contributed by atoms with Crippen molar-refractivity contribution in [2.75, 3.05) is 53.4 Å². The van der Waals surface area contributed by atoms with Gasteiger partial charge < -0.3 is 15.5 Å². The normalized spacial score (nSPS) is 20.2. The van der Waals surface area contributed by atoms with Gasteiger partial charge in [-0.3, -0.25) is 4.90 Å². The fraction of sp³-hybridized carbons (Fsp3) is 1.00. The fourth-order valence-electron chi connectivity index (χ4n) is 3.28. The predicted molar refractivity (Wildman–Crippen MR) is 88.1 cm³/mol. The lowest BCUT2D eigenvalue weighted by atomic mass is 9.84. The Kier molecular flexibility index (Phi) is 7.45. The third-order valence-corrected chi connectivity index (χ3v) is 4.82. The molecule has 20 heavy (non-hydrogen) atoms. The van der Waals surface area contributed by atoms with Gasteiger partial charge in [-0.1, -0.05) is 6.92 Å². The third-order valence-electron chi connectivity index (χ3n) is 4.82. The van der Waals surface area contributed by atoms with E-state index in [2.05, 4.69) is 49.6 Å². The van der Waals surface area contributed by atoms with E-state index < -0.39 is 0 Å². The Morgan fingerprint density at radius 1 is 1.10 bits per heavy atom. The topological polar surface area (TPSA) is 35.7 Å². The zero-order valence-electron chi connectivity index (χ0n) is 14.4. The van der Waals surface area contributed by atoms with Crippen molar-refractivity contribution in [1.82, 2.24) is 14.7 Å². The molecule has 0 aromatic rings. The monoisotopic (exact) mass is 284 g/mol. The van der Waals surface area contributed by atoms with Gasteiger partial charge in [0.1, 0.15) is 0 Å². The predicted octanol–water partition coefficient (Wildman–Crippen LogP) is 1.46. The number of nitrogens with two attached hydrogens (primary N) is 1. The smallest absolute Gasteiger partial charge is 0.0356 e. The van der Waals surface area contributed by atoms with Crippen molar-refractivity contribution >= 4 is 0 Å². The van der Waals surface area contributed by atoms with Gasteiger partial charge in [-0.05, 0) is 53.8 Å². The van der Waals surface area contributed by atoms with Crippen LogP contribution in [-0.2, 0) is 0 Å². The van der Waals surface area contributed by atoms with Gasteiger partial charge in [-0.15, -0.1) is 0 Å². The number of likely N-dealkylation sites (N-methyl/N-ethyl adjacent to an activating group) is 1. The Morgan fingerprint density at radius 2 is 1.70 bits per heavy atom. The number of nitrogens with zero attached hydrogens (tertiary/aromatic N) is 3. The Bertz CT molecular complexity index is 257. The molecule has 0 spiro atoms. The molecule has 0 bridgehead atoms. The van der Waals surface area contributed by atoms with Gasteiger partial charge in [0.15, 0.2) is 0 Å². The largest absolute Gasteiger partial charge is 0.329 e. The molecule has 1 rings (SSSR count). The minimum absolute atomic E-state index is 0.234. The van der Waals surface area contributed by atoms with Gasteiger partial charge in [-0.25, -0.2) is 0 Å². The first kappa shape index (κ1) is 17.9. The Morgan fingerprint density at radius 3 is 2.10 bits per heavy atom. The summed E-state index contributed by atoms with van der Waals surface area (Å²) in [5.74, 6) is 0. The maximum Gasteiger partial charge on any atom is 0.0356 e. The zero-order chi connectivity index (χ0) is 15.2. The van der Waals surface area contributed by atoms with Crippen LogP contribution in [0.3, 0.4) is 0 Å². The van der Waals surface area contributed by atoms with Crippen LogP contribution in [0, 0.1) is 0 Å². The van der Waals surface area contributed by atoms with Crippen molar-refractivity contribution in [1.29, 1.82) is 0 Å². The summed E-state index contributed by atoms with van der Waals surface area (Å²) >= 11 is 0. The molecule has 1 aliphatic heterocycles. The molecule has 0 aromatic carbocycles. The number of rotatable bonds is 8. The average molecular weight is 284 g/mol. The summed E-state index contributed by atoms with van der Waals surface area (Å²) in [6.45, 7) is 13.5. The van der Waals surface area contributed by atoms with Crippen LogP contribution in [0.15, 0.2) is 0 Å². The van der Waals surface area contributed by atoms with Crippen LogP contribution in [-0.4, -0.2) is 79.6 Å². The van der Waals surface area contributed by atoms with E-state index in [0.29, 0.717) is 6.04 Å². The molecule has 120 valence electrons. The molecule has 1 saturated heterocycles. The van der Waals surface area contributed by atoms with E-state index in [4.69, 9.17) is 5.73 Å². The third kappa shape index (κ3) is 4.69. The molecule has 0 amide bonds. The summed E-state index contributed by atoms with van der Waals surface area (Å²) < 4.78 is 0. The Labute approximate surface area is 126 Å². The van der Waals surface area contributed by atoms with Crippen molar-refractivity contribution in [3.8, 4) is 0 Å². The second kappa shape index (κ2) is 8.32. The number of likely N-dealkylation sites (tertiary alicyclic amines) is 1. The highest BCUT2D eigenvalue weighted by Crippen LogP contribution is 2.29. The van der Waals surface area contributed by atoms with Gasteiger partial charge in [0, 0.05) is 44.3 Å². The molecule has 0 saturated carbocycles. The van der Waals surface area contributed by atoms with Gasteiger partial charge in [0.2, 0.25) is 0 Å². The minimum atomic E-state index is 0.234. The number of hydrogen-bond acceptors (Lipinski definition) is 4. The molecule has 4 heteroatoms. The van der Waals surface area contributed by atoms with Gasteiger partial charge in [0.25, 0.3) is 0 Å². The van der Waals surface area contributed by atoms with Crippen LogP contribution < -0.4 is 5.73 Å². The summed E-state index contributed by atoms with van der Waals surface area (Å²) in [4.78, 5) is 7.53. The molecule has 1 heterocycles.